The summed E-state index contributed by atoms with van der Waals surface area (Å²) in [6.45, 7) is 0. The number of hydrazine groups is 1. The van der Waals surface area contributed by atoms with E-state index in [-0.39, 0.29) is 45.1 Å². The quantitative estimate of drug-likeness (QED) is 0.599. The first-order valence-corrected chi connectivity index (χ1v) is 8.90. The number of anilines is 1. The zero-order valence-corrected chi connectivity index (χ0v) is 14.2. The van der Waals surface area contributed by atoms with E-state index in [0.717, 1.165) is 12.1 Å². The fraction of sp³-hybridized carbons (Fsp3) is 0.467. The van der Waals surface area contributed by atoms with Crippen LogP contribution in [-0.4, -0.2) is 26.5 Å². The molecule has 4 nitrogen and oxygen atoms in total. The van der Waals surface area contributed by atoms with Gasteiger partial charge in [0.2, 0.25) is 0 Å². The molecule has 6 heteroatoms. The van der Waals surface area contributed by atoms with E-state index in [1.54, 1.807) is 0 Å². The number of fused-ring (bicyclic) bond motifs is 5. The van der Waals surface area contributed by atoms with Gasteiger partial charge < -0.3 is 0 Å². The van der Waals surface area contributed by atoms with Crippen LogP contribution >= 0.6 is 31.9 Å². The van der Waals surface area contributed by atoms with E-state index in [2.05, 4.69) is 37.3 Å². The van der Waals surface area contributed by atoms with E-state index in [9.17, 15) is 9.59 Å². The molecule has 1 saturated heterocycles. The SMILES string of the molecule is O=C1[C@@H]2[C@H]3C[C@@H]([C@H](Br)[C@@H]3Br)[C@@H]2C(=O)N1Nc1ccccc1. The van der Waals surface area contributed by atoms with Crippen molar-refractivity contribution >= 4 is 49.4 Å². The zero-order valence-electron chi connectivity index (χ0n) is 11.1. The molecule has 2 saturated carbocycles. The fourth-order valence-electron chi connectivity index (χ4n) is 4.10. The number of carbonyl (C=O) groups excluding carboxylic acids is 2. The van der Waals surface area contributed by atoms with Gasteiger partial charge in [0, 0.05) is 9.65 Å². The fourth-order valence-corrected chi connectivity index (χ4v) is 5.97. The first-order valence-electron chi connectivity index (χ1n) is 7.07. The summed E-state index contributed by atoms with van der Waals surface area (Å²) in [5.74, 6) is 0.0102. The van der Waals surface area contributed by atoms with Crippen LogP contribution in [0.3, 0.4) is 0 Å². The van der Waals surface area contributed by atoms with Gasteiger partial charge in [-0.05, 0) is 30.4 Å². The summed E-state index contributed by atoms with van der Waals surface area (Å²) in [5, 5.41) is 1.23. The van der Waals surface area contributed by atoms with Crippen molar-refractivity contribution in [2.75, 3.05) is 5.43 Å². The van der Waals surface area contributed by atoms with E-state index >= 15 is 0 Å². The summed E-state index contributed by atoms with van der Waals surface area (Å²) in [7, 11) is 0. The average Bonchev–Trinajstić information content (AvgIpc) is 3.09. The minimum atomic E-state index is -0.170. The van der Waals surface area contributed by atoms with Gasteiger partial charge in [0.25, 0.3) is 11.8 Å². The van der Waals surface area contributed by atoms with Crippen molar-refractivity contribution in [2.24, 2.45) is 23.7 Å². The minimum Gasteiger partial charge on any atom is -0.289 e. The lowest BCUT2D eigenvalue weighted by molar-refractivity contribution is -0.139. The second-order valence-corrected chi connectivity index (χ2v) is 8.11. The zero-order chi connectivity index (χ0) is 14.7. The van der Waals surface area contributed by atoms with Crippen LogP contribution in [0.15, 0.2) is 30.3 Å². The Morgan fingerprint density at radius 1 is 0.952 bits per heavy atom. The predicted octanol–water partition coefficient (Wildman–Crippen LogP) is 2.79. The number of para-hydroxylation sites is 1. The molecular formula is C15H14Br2N2O2. The number of halogens is 2. The highest BCUT2D eigenvalue weighted by Gasteiger charge is 2.66. The van der Waals surface area contributed by atoms with Crippen LogP contribution in [0.1, 0.15) is 6.42 Å². The Morgan fingerprint density at radius 2 is 1.48 bits per heavy atom. The summed E-state index contributed by atoms with van der Waals surface area (Å²) in [4.78, 5) is 25.9. The van der Waals surface area contributed by atoms with E-state index in [1.165, 1.54) is 5.01 Å². The third-order valence-electron chi connectivity index (χ3n) is 5.00. The molecule has 2 amide bonds. The summed E-state index contributed by atoms with van der Waals surface area (Å²) in [6, 6.07) is 9.36. The highest BCUT2D eigenvalue weighted by Crippen LogP contribution is 2.60. The van der Waals surface area contributed by atoms with Crippen molar-refractivity contribution in [2.45, 2.75) is 16.1 Å². The van der Waals surface area contributed by atoms with E-state index in [1.807, 2.05) is 30.3 Å². The van der Waals surface area contributed by atoms with Crippen molar-refractivity contribution in [1.82, 2.24) is 5.01 Å². The standard InChI is InChI=1S/C15H14Br2N2O2/c16-12-8-6-9(13(12)17)11-10(8)14(20)19(15(11)21)18-7-4-2-1-3-5-7/h1-5,8-13,18H,6H2/t8-,9-,10-,11+,12-,13+/m1/s1. The Balaban J connectivity index is 1.62. The van der Waals surface area contributed by atoms with Crippen molar-refractivity contribution in [3.63, 3.8) is 0 Å². The van der Waals surface area contributed by atoms with Crippen LogP contribution in [0.2, 0.25) is 0 Å². The van der Waals surface area contributed by atoms with Gasteiger partial charge in [-0.2, -0.15) is 5.01 Å². The Kier molecular flexibility index (Phi) is 3.15. The average molecular weight is 414 g/mol. The number of amides is 2. The summed E-state index contributed by atoms with van der Waals surface area (Å²) < 4.78 is 0. The van der Waals surface area contributed by atoms with E-state index in [4.69, 9.17) is 0 Å². The van der Waals surface area contributed by atoms with Crippen LogP contribution in [-0.2, 0) is 9.59 Å². The van der Waals surface area contributed by atoms with Crippen LogP contribution < -0.4 is 5.43 Å². The molecule has 4 rings (SSSR count). The first-order chi connectivity index (χ1) is 10.1. The Labute approximate surface area is 139 Å². The van der Waals surface area contributed by atoms with Crippen LogP contribution in [0, 0.1) is 23.7 Å². The number of alkyl halides is 2. The van der Waals surface area contributed by atoms with E-state index in [0.29, 0.717) is 0 Å². The molecule has 0 spiro atoms. The first kappa shape index (κ1) is 13.8. The van der Waals surface area contributed by atoms with Gasteiger partial charge in [-0.3, -0.25) is 15.0 Å². The molecule has 6 atom stereocenters. The van der Waals surface area contributed by atoms with Gasteiger partial charge in [-0.1, -0.05) is 50.1 Å². The molecule has 1 aromatic rings. The predicted molar refractivity (Wildman–Crippen MR) is 85.9 cm³/mol. The van der Waals surface area contributed by atoms with Gasteiger partial charge in [0.05, 0.1) is 17.5 Å². The van der Waals surface area contributed by atoms with Gasteiger partial charge in [0.15, 0.2) is 0 Å². The maximum Gasteiger partial charge on any atom is 0.252 e. The van der Waals surface area contributed by atoms with E-state index < -0.39 is 0 Å². The summed E-state index contributed by atoms with van der Waals surface area (Å²) >= 11 is 7.36. The molecule has 21 heavy (non-hydrogen) atoms. The number of hydrogen-bond donors (Lipinski definition) is 1. The second kappa shape index (κ2) is 4.81. The van der Waals surface area contributed by atoms with Crippen molar-refractivity contribution < 1.29 is 9.59 Å². The Bertz CT molecular complexity index is 577. The topological polar surface area (TPSA) is 49.4 Å². The highest BCUT2D eigenvalue weighted by atomic mass is 79.9. The van der Waals surface area contributed by atoms with Crippen molar-refractivity contribution in [3.8, 4) is 0 Å². The lowest BCUT2D eigenvalue weighted by Gasteiger charge is -2.28. The maximum absolute atomic E-state index is 12.7. The number of nitrogens with zero attached hydrogens (tertiary/aromatic N) is 1. The van der Waals surface area contributed by atoms with Crippen LogP contribution in [0.4, 0.5) is 5.69 Å². The molecule has 0 aromatic heterocycles. The Hall–Kier alpha value is -0.880. The molecule has 1 heterocycles. The van der Waals surface area contributed by atoms with Crippen LogP contribution in [0.5, 0.6) is 0 Å². The molecule has 0 radical (unpaired) electrons. The van der Waals surface area contributed by atoms with Gasteiger partial charge in [0.1, 0.15) is 0 Å². The normalized spacial score (nSPS) is 40.8. The molecular weight excluding hydrogens is 400 g/mol. The second-order valence-electron chi connectivity index (χ2n) is 5.99. The van der Waals surface area contributed by atoms with Crippen molar-refractivity contribution in [1.29, 1.82) is 0 Å². The molecule has 2 bridgehead atoms. The molecule has 3 aliphatic rings. The number of rotatable bonds is 2. The largest absolute Gasteiger partial charge is 0.289 e. The molecule has 1 aromatic carbocycles. The highest BCUT2D eigenvalue weighted by molar-refractivity contribution is 9.12. The number of hydrogen-bond acceptors (Lipinski definition) is 3. The number of carbonyl (C=O) groups is 2. The number of benzene rings is 1. The van der Waals surface area contributed by atoms with Crippen molar-refractivity contribution in [3.05, 3.63) is 30.3 Å². The van der Waals surface area contributed by atoms with Crippen LogP contribution in [0.25, 0.3) is 0 Å². The molecule has 0 unspecified atom stereocenters. The monoisotopic (exact) mass is 412 g/mol. The summed E-state index contributed by atoms with van der Waals surface area (Å²) in [5.41, 5.74) is 3.73. The molecule has 110 valence electrons. The summed E-state index contributed by atoms with van der Waals surface area (Å²) in [6.07, 6.45) is 0.956. The Morgan fingerprint density at radius 3 is 2.00 bits per heavy atom. The van der Waals surface area contributed by atoms with Gasteiger partial charge >= 0.3 is 0 Å². The molecule has 1 N–H and O–H groups in total. The molecule has 2 aliphatic carbocycles. The molecule has 3 fully saturated rings. The minimum absolute atomic E-state index is 0.0785. The maximum atomic E-state index is 12.7. The third kappa shape index (κ3) is 1.84. The van der Waals surface area contributed by atoms with Gasteiger partial charge in [-0.25, -0.2) is 0 Å². The number of nitrogens with one attached hydrogen (secondary N) is 1. The lowest BCUT2D eigenvalue weighted by Crippen LogP contribution is -2.38. The lowest BCUT2D eigenvalue weighted by atomic mass is 9.81. The van der Waals surface area contributed by atoms with Gasteiger partial charge in [-0.15, -0.1) is 0 Å². The third-order valence-corrected chi connectivity index (χ3v) is 8.21. The molecule has 1 aliphatic heterocycles. The smallest absolute Gasteiger partial charge is 0.252 e. The number of imide groups is 1.